The Morgan fingerprint density at radius 2 is 1.26 bits per heavy atom. The number of carbonyl (C=O) groups is 2. The summed E-state index contributed by atoms with van der Waals surface area (Å²) in [5.41, 5.74) is 15.1. The van der Waals surface area contributed by atoms with Gasteiger partial charge in [0.1, 0.15) is 11.5 Å². The largest absolute Gasteiger partial charge is 0.457 e. The van der Waals surface area contributed by atoms with E-state index < -0.39 is 11.8 Å². The minimum atomic E-state index is -0.588. The van der Waals surface area contributed by atoms with Crippen LogP contribution < -0.4 is 21.5 Å². The molecule has 0 saturated heterocycles. The molecule has 0 bridgehead atoms. The van der Waals surface area contributed by atoms with E-state index in [4.69, 9.17) is 16.2 Å². The van der Waals surface area contributed by atoms with Crippen molar-refractivity contribution in [1.82, 2.24) is 5.32 Å². The molecule has 34 heavy (non-hydrogen) atoms. The molecule has 0 spiro atoms. The lowest BCUT2D eigenvalue weighted by atomic mass is 9.88. The summed E-state index contributed by atoms with van der Waals surface area (Å²) in [6, 6.07) is 25.8. The average molecular weight is 445 g/mol. The van der Waals surface area contributed by atoms with Crippen molar-refractivity contribution in [1.29, 1.82) is 0 Å². The van der Waals surface area contributed by atoms with E-state index >= 15 is 0 Å². The van der Waals surface area contributed by atoms with Gasteiger partial charge in [-0.3, -0.25) is 14.9 Å². The number of imide groups is 1. The number of nitrogen functional groups attached to an aromatic ring is 2. The molecule has 0 aliphatic carbocycles. The van der Waals surface area contributed by atoms with Gasteiger partial charge in [-0.05, 0) is 30.3 Å². The van der Waals surface area contributed by atoms with Crippen LogP contribution in [0.25, 0.3) is 11.1 Å². The monoisotopic (exact) mass is 445 g/mol. The van der Waals surface area contributed by atoms with Gasteiger partial charge in [-0.1, -0.05) is 66.4 Å². The van der Waals surface area contributed by atoms with Gasteiger partial charge < -0.3 is 16.2 Å². The first-order valence-electron chi connectivity index (χ1n) is 10.5. The van der Waals surface area contributed by atoms with Crippen LogP contribution in [0.1, 0.15) is 31.8 Å². The smallest absolute Gasteiger partial charge is 0.261 e. The third-order valence-electron chi connectivity index (χ3n) is 5.49. The zero-order valence-electron chi connectivity index (χ0n) is 18.0. The van der Waals surface area contributed by atoms with Crippen molar-refractivity contribution in [2.75, 3.05) is 11.5 Å². The number of ether oxygens (including phenoxy) is 1. The number of amides is 2. The normalized spacial score (nSPS) is 11.9. The SMILES string of the molecule is Nc1c(N)c2c(c(-c3ccccc3Oc3ccccc3)c1C#Cc1ccccc1)C(=O)NC2=O. The summed E-state index contributed by atoms with van der Waals surface area (Å²) in [5.74, 6) is 6.13. The van der Waals surface area contributed by atoms with E-state index in [1.165, 1.54) is 0 Å². The number of anilines is 2. The highest BCUT2D eigenvalue weighted by Crippen LogP contribution is 2.44. The minimum absolute atomic E-state index is 0.0286. The first-order chi connectivity index (χ1) is 16.5. The summed E-state index contributed by atoms with van der Waals surface area (Å²) in [4.78, 5) is 25.5. The second-order valence-electron chi connectivity index (χ2n) is 7.64. The number of carbonyl (C=O) groups excluding carboxylic acids is 2. The van der Waals surface area contributed by atoms with E-state index in [-0.39, 0.29) is 22.5 Å². The van der Waals surface area contributed by atoms with Gasteiger partial charge in [-0.15, -0.1) is 0 Å². The predicted octanol–water partition coefficient (Wildman–Crippen LogP) is 4.59. The Balaban J connectivity index is 1.79. The number of para-hydroxylation sites is 2. The molecule has 5 N–H and O–H groups in total. The van der Waals surface area contributed by atoms with Crippen LogP contribution in [0.3, 0.4) is 0 Å². The van der Waals surface area contributed by atoms with E-state index in [2.05, 4.69) is 17.2 Å². The molecular formula is C28H19N3O3. The summed E-state index contributed by atoms with van der Waals surface area (Å²) in [5, 5.41) is 2.33. The maximum Gasteiger partial charge on any atom is 0.261 e. The van der Waals surface area contributed by atoms with E-state index in [0.717, 1.165) is 5.56 Å². The molecule has 5 rings (SSSR count). The second kappa shape index (κ2) is 8.49. The van der Waals surface area contributed by atoms with Crippen LogP contribution in [0, 0.1) is 11.8 Å². The molecule has 0 saturated carbocycles. The molecule has 0 atom stereocenters. The Bertz CT molecular complexity index is 1500. The number of nitrogens with one attached hydrogen (secondary N) is 1. The third-order valence-corrected chi connectivity index (χ3v) is 5.49. The molecule has 6 nitrogen and oxygen atoms in total. The highest BCUT2D eigenvalue weighted by molar-refractivity contribution is 6.28. The van der Waals surface area contributed by atoms with Crippen LogP contribution in [-0.4, -0.2) is 11.8 Å². The van der Waals surface area contributed by atoms with Gasteiger partial charge in [0.05, 0.1) is 28.1 Å². The van der Waals surface area contributed by atoms with Crippen LogP contribution in [0.15, 0.2) is 84.9 Å². The first-order valence-corrected chi connectivity index (χ1v) is 10.5. The molecule has 0 fully saturated rings. The number of rotatable bonds is 3. The molecule has 1 aliphatic rings. The third kappa shape index (κ3) is 3.61. The van der Waals surface area contributed by atoms with Crippen molar-refractivity contribution in [2.24, 2.45) is 0 Å². The van der Waals surface area contributed by atoms with Gasteiger partial charge in [0.25, 0.3) is 11.8 Å². The van der Waals surface area contributed by atoms with Gasteiger partial charge in [0.15, 0.2) is 0 Å². The summed E-state index contributed by atoms with van der Waals surface area (Å²) >= 11 is 0. The molecule has 0 aromatic heterocycles. The molecular weight excluding hydrogens is 426 g/mol. The number of benzene rings is 4. The average Bonchev–Trinajstić information content (AvgIpc) is 3.16. The number of hydrogen-bond donors (Lipinski definition) is 3. The van der Waals surface area contributed by atoms with Crippen LogP contribution in [-0.2, 0) is 0 Å². The van der Waals surface area contributed by atoms with Crippen molar-refractivity contribution in [3.63, 3.8) is 0 Å². The van der Waals surface area contributed by atoms with Crippen LogP contribution in [0.2, 0.25) is 0 Å². The number of nitrogens with two attached hydrogens (primary N) is 2. The van der Waals surface area contributed by atoms with Gasteiger partial charge in [-0.2, -0.15) is 0 Å². The van der Waals surface area contributed by atoms with Crippen molar-refractivity contribution < 1.29 is 14.3 Å². The molecule has 0 unspecified atom stereocenters. The van der Waals surface area contributed by atoms with E-state index in [0.29, 0.717) is 28.2 Å². The van der Waals surface area contributed by atoms with Crippen LogP contribution in [0.5, 0.6) is 11.5 Å². The lowest BCUT2D eigenvalue weighted by Crippen LogP contribution is -2.20. The van der Waals surface area contributed by atoms with E-state index in [1.54, 1.807) is 12.1 Å². The molecule has 4 aromatic carbocycles. The maximum atomic E-state index is 12.9. The lowest BCUT2D eigenvalue weighted by molar-refractivity contribution is 0.0880. The summed E-state index contributed by atoms with van der Waals surface area (Å²) in [7, 11) is 0. The fraction of sp³-hybridized carbons (Fsp3) is 0. The Morgan fingerprint density at radius 1 is 0.647 bits per heavy atom. The predicted molar refractivity (Wildman–Crippen MR) is 131 cm³/mol. The Morgan fingerprint density at radius 3 is 2.00 bits per heavy atom. The van der Waals surface area contributed by atoms with E-state index in [9.17, 15) is 9.59 Å². The zero-order chi connectivity index (χ0) is 23.7. The number of fused-ring (bicyclic) bond motifs is 1. The minimum Gasteiger partial charge on any atom is -0.457 e. The molecule has 4 aromatic rings. The molecule has 1 aliphatic heterocycles. The second-order valence-corrected chi connectivity index (χ2v) is 7.64. The Labute approximate surface area is 196 Å². The van der Waals surface area contributed by atoms with Crippen molar-refractivity contribution >= 4 is 23.2 Å². The fourth-order valence-electron chi connectivity index (χ4n) is 3.91. The van der Waals surface area contributed by atoms with Crippen LogP contribution in [0.4, 0.5) is 11.4 Å². The highest BCUT2D eigenvalue weighted by atomic mass is 16.5. The topological polar surface area (TPSA) is 107 Å². The summed E-state index contributed by atoms with van der Waals surface area (Å²) < 4.78 is 6.14. The zero-order valence-corrected chi connectivity index (χ0v) is 18.0. The summed E-state index contributed by atoms with van der Waals surface area (Å²) in [6.45, 7) is 0. The fourth-order valence-corrected chi connectivity index (χ4v) is 3.91. The summed E-state index contributed by atoms with van der Waals surface area (Å²) in [6.07, 6.45) is 0. The molecule has 6 heteroatoms. The Kier molecular flexibility index (Phi) is 5.21. The molecule has 2 amide bonds. The number of hydrogen-bond acceptors (Lipinski definition) is 5. The van der Waals surface area contributed by atoms with Gasteiger partial charge in [0, 0.05) is 16.7 Å². The molecule has 1 heterocycles. The first kappa shape index (κ1) is 20.9. The van der Waals surface area contributed by atoms with Crippen LogP contribution >= 0.6 is 0 Å². The maximum absolute atomic E-state index is 12.9. The standard InChI is InChI=1S/C28H19N3O3/c29-25-20(16-15-17-9-3-1-4-10-17)22(23-24(26(25)30)28(33)31-27(23)32)19-13-7-8-14-21(19)34-18-11-5-2-6-12-18/h1-14H,29-30H2,(H,31,32,33). The Hall–Kier alpha value is -5.02. The van der Waals surface area contributed by atoms with Crippen molar-refractivity contribution in [3.8, 4) is 34.5 Å². The molecule has 0 radical (unpaired) electrons. The molecule has 164 valence electrons. The highest BCUT2D eigenvalue weighted by Gasteiger charge is 2.36. The van der Waals surface area contributed by atoms with Gasteiger partial charge in [-0.25, -0.2) is 0 Å². The van der Waals surface area contributed by atoms with Crippen molar-refractivity contribution in [2.45, 2.75) is 0 Å². The van der Waals surface area contributed by atoms with Crippen molar-refractivity contribution in [3.05, 3.63) is 107 Å². The quantitative estimate of drug-likeness (QED) is 0.243. The van der Waals surface area contributed by atoms with Gasteiger partial charge >= 0.3 is 0 Å². The van der Waals surface area contributed by atoms with E-state index in [1.807, 2.05) is 72.8 Å². The van der Waals surface area contributed by atoms with Gasteiger partial charge in [0.2, 0.25) is 0 Å². The lowest BCUT2D eigenvalue weighted by Gasteiger charge is -2.18.